The van der Waals surface area contributed by atoms with Gasteiger partial charge in [0.15, 0.2) is 12.3 Å². The minimum Gasteiger partial charge on any atom is -0.493 e. The van der Waals surface area contributed by atoms with Gasteiger partial charge in [-0.15, -0.1) is 0 Å². The molecule has 0 aliphatic carbocycles. The first kappa shape index (κ1) is 20.4. The summed E-state index contributed by atoms with van der Waals surface area (Å²) in [6.45, 7) is 8.64. The molecule has 3 rings (SSSR count). The Morgan fingerprint density at radius 3 is 2.55 bits per heavy atom. The molecule has 152 valence electrons. The van der Waals surface area contributed by atoms with Gasteiger partial charge in [-0.05, 0) is 71.5 Å². The summed E-state index contributed by atoms with van der Waals surface area (Å²) in [4.78, 5) is 12.3. The highest BCUT2D eigenvalue weighted by Gasteiger charge is 2.16. The number of anilines is 1. The standard InChI is InChI=1S/C22H25N3O4/c1-14(2)12-27-18-10-8-17(9-11-18)21-22(25-29-24-21)23-20(26)13-28-19-7-5-6-15(3)16(19)4/h5-11,14H,12-13H2,1-4H3,(H,23,25,26). The number of carbonyl (C=O) groups is 1. The predicted molar refractivity (Wildman–Crippen MR) is 110 cm³/mol. The molecular weight excluding hydrogens is 370 g/mol. The van der Waals surface area contributed by atoms with Crippen LogP contribution in [0.2, 0.25) is 0 Å². The number of aromatic nitrogens is 2. The Balaban J connectivity index is 1.62. The van der Waals surface area contributed by atoms with E-state index in [1.54, 1.807) is 0 Å². The number of hydrogen-bond donors (Lipinski definition) is 1. The third-order valence-corrected chi connectivity index (χ3v) is 4.37. The number of ether oxygens (including phenoxy) is 2. The van der Waals surface area contributed by atoms with E-state index < -0.39 is 0 Å². The van der Waals surface area contributed by atoms with Crippen molar-refractivity contribution in [2.75, 3.05) is 18.5 Å². The maximum absolute atomic E-state index is 12.3. The fourth-order valence-electron chi connectivity index (χ4n) is 2.62. The van der Waals surface area contributed by atoms with Gasteiger partial charge in [0.1, 0.15) is 11.5 Å². The van der Waals surface area contributed by atoms with Crippen molar-refractivity contribution in [2.24, 2.45) is 5.92 Å². The predicted octanol–water partition coefficient (Wildman–Crippen LogP) is 4.41. The van der Waals surface area contributed by atoms with E-state index in [9.17, 15) is 4.79 Å². The summed E-state index contributed by atoms with van der Waals surface area (Å²) in [5.74, 6) is 1.79. The van der Waals surface area contributed by atoms with Crippen molar-refractivity contribution >= 4 is 11.7 Å². The largest absolute Gasteiger partial charge is 0.493 e. The van der Waals surface area contributed by atoms with Crippen LogP contribution in [0.25, 0.3) is 11.3 Å². The topological polar surface area (TPSA) is 86.5 Å². The normalized spacial score (nSPS) is 10.8. The van der Waals surface area contributed by atoms with Crippen molar-refractivity contribution in [1.29, 1.82) is 0 Å². The molecule has 1 N–H and O–H groups in total. The van der Waals surface area contributed by atoms with Crippen molar-refractivity contribution in [1.82, 2.24) is 10.3 Å². The van der Waals surface area contributed by atoms with Gasteiger partial charge in [-0.1, -0.05) is 26.0 Å². The number of benzene rings is 2. The van der Waals surface area contributed by atoms with E-state index in [1.807, 2.05) is 56.3 Å². The minimum atomic E-state index is -0.347. The molecule has 0 radical (unpaired) electrons. The Kier molecular flexibility index (Phi) is 6.49. The smallest absolute Gasteiger partial charge is 0.263 e. The summed E-state index contributed by atoms with van der Waals surface area (Å²) in [6, 6.07) is 13.1. The Hall–Kier alpha value is -3.35. The van der Waals surface area contributed by atoms with Gasteiger partial charge >= 0.3 is 0 Å². The van der Waals surface area contributed by atoms with Crippen LogP contribution in [0.4, 0.5) is 5.82 Å². The molecule has 0 fully saturated rings. The first-order valence-electron chi connectivity index (χ1n) is 9.48. The Bertz CT molecular complexity index is 964. The minimum absolute atomic E-state index is 0.140. The second-order valence-corrected chi connectivity index (χ2v) is 7.23. The maximum Gasteiger partial charge on any atom is 0.263 e. The zero-order chi connectivity index (χ0) is 20.8. The number of amides is 1. The molecule has 7 nitrogen and oxygen atoms in total. The monoisotopic (exact) mass is 395 g/mol. The lowest BCUT2D eigenvalue weighted by Crippen LogP contribution is -2.21. The Morgan fingerprint density at radius 2 is 1.83 bits per heavy atom. The van der Waals surface area contributed by atoms with Gasteiger partial charge in [-0.3, -0.25) is 4.79 Å². The molecule has 2 aromatic carbocycles. The van der Waals surface area contributed by atoms with Gasteiger partial charge in [0.25, 0.3) is 5.91 Å². The molecule has 7 heteroatoms. The number of hydrogen-bond acceptors (Lipinski definition) is 6. The highest BCUT2D eigenvalue weighted by atomic mass is 16.6. The zero-order valence-electron chi connectivity index (χ0n) is 17.1. The van der Waals surface area contributed by atoms with Crippen LogP contribution in [0.15, 0.2) is 47.1 Å². The van der Waals surface area contributed by atoms with E-state index in [-0.39, 0.29) is 18.3 Å². The Morgan fingerprint density at radius 1 is 1.07 bits per heavy atom. The second-order valence-electron chi connectivity index (χ2n) is 7.23. The molecule has 0 aliphatic heterocycles. The second kappa shape index (κ2) is 9.23. The van der Waals surface area contributed by atoms with Crippen LogP contribution in [-0.2, 0) is 4.79 Å². The first-order chi connectivity index (χ1) is 13.9. The highest BCUT2D eigenvalue weighted by molar-refractivity contribution is 5.94. The number of aryl methyl sites for hydroxylation is 1. The summed E-state index contributed by atoms with van der Waals surface area (Å²) in [6.07, 6.45) is 0. The first-order valence-corrected chi connectivity index (χ1v) is 9.48. The molecule has 1 amide bonds. The van der Waals surface area contributed by atoms with Gasteiger partial charge in [0.2, 0.25) is 5.82 Å². The van der Waals surface area contributed by atoms with Gasteiger partial charge in [-0.2, -0.15) is 0 Å². The molecule has 0 spiro atoms. The summed E-state index contributed by atoms with van der Waals surface area (Å²) in [5.41, 5.74) is 3.31. The SMILES string of the molecule is Cc1cccc(OCC(=O)Nc2nonc2-c2ccc(OCC(C)C)cc2)c1C. The van der Waals surface area contributed by atoms with Gasteiger partial charge < -0.3 is 14.8 Å². The van der Waals surface area contributed by atoms with Crippen LogP contribution >= 0.6 is 0 Å². The lowest BCUT2D eigenvalue weighted by Gasteiger charge is -2.10. The van der Waals surface area contributed by atoms with E-state index in [4.69, 9.17) is 14.1 Å². The van der Waals surface area contributed by atoms with E-state index in [2.05, 4.69) is 29.5 Å². The van der Waals surface area contributed by atoms with Gasteiger partial charge in [0.05, 0.1) is 6.61 Å². The molecule has 0 atom stereocenters. The van der Waals surface area contributed by atoms with E-state index in [0.717, 1.165) is 22.4 Å². The quantitative estimate of drug-likeness (QED) is 0.608. The summed E-state index contributed by atoms with van der Waals surface area (Å²) >= 11 is 0. The lowest BCUT2D eigenvalue weighted by atomic mass is 10.1. The fraction of sp³-hybridized carbons (Fsp3) is 0.318. The van der Waals surface area contributed by atoms with Crippen LogP contribution in [-0.4, -0.2) is 29.4 Å². The van der Waals surface area contributed by atoms with Crippen LogP contribution in [0, 0.1) is 19.8 Å². The number of carbonyl (C=O) groups excluding carboxylic acids is 1. The molecule has 0 aliphatic rings. The average Bonchev–Trinajstić information content (AvgIpc) is 3.16. The molecule has 0 unspecified atom stereocenters. The van der Waals surface area contributed by atoms with E-state index in [1.165, 1.54) is 0 Å². The number of nitrogens with one attached hydrogen (secondary N) is 1. The van der Waals surface area contributed by atoms with E-state index in [0.29, 0.717) is 24.0 Å². The van der Waals surface area contributed by atoms with Gasteiger partial charge in [-0.25, -0.2) is 4.63 Å². The Labute approximate surface area is 170 Å². The molecule has 29 heavy (non-hydrogen) atoms. The molecule has 0 saturated heterocycles. The van der Waals surface area contributed by atoms with Crippen LogP contribution in [0.3, 0.4) is 0 Å². The molecule has 3 aromatic rings. The molecular formula is C22H25N3O4. The third-order valence-electron chi connectivity index (χ3n) is 4.37. The summed E-state index contributed by atoms with van der Waals surface area (Å²) in [5, 5.41) is 10.4. The van der Waals surface area contributed by atoms with Crippen molar-refractivity contribution in [3.05, 3.63) is 53.6 Å². The number of nitrogens with zero attached hydrogens (tertiary/aromatic N) is 2. The van der Waals surface area contributed by atoms with E-state index >= 15 is 0 Å². The lowest BCUT2D eigenvalue weighted by molar-refractivity contribution is -0.118. The highest BCUT2D eigenvalue weighted by Crippen LogP contribution is 2.26. The zero-order valence-corrected chi connectivity index (χ0v) is 17.1. The number of rotatable bonds is 8. The van der Waals surface area contributed by atoms with Crippen LogP contribution in [0.5, 0.6) is 11.5 Å². The van der Waals surface area contributed by atoms with Gasteiger partial charge in [0, 0.05) is 5.56 Å². The van der Waals surface area contributed by atoms with Crippen molar-refractivity contribution < 1.29 is 18.9 Å². The van der Waals surface area contributed by atoms with Crippen LogP contribution in [0.1, 0.15) is 25.0 Å². The van der Waals surface area contributed by atoms with Crippen molar-refractivity contribution in [3.8, 4) is 22.8 Å². The molecule has 1 heterocycles. The van der Waals surface area contributed by atoms with Crippen molar-refractivity contribution in [2.45, 2.75) is 27.7 Å². The average molecular weight is 395 g/mol. The van der Waals surface area contributed by atoms with Crippen molar-refractivity contribution in [3.63, 3.8) is 0 Å². The summed E-state index contributed by atoms with van der Waals surface area (Å²) < 4.78 is 16.1. The third kappa shape index (κ3) is 5.34. The maximum atomic E-state index is 12.3. The summed E-state index contributed by atoms with van der Waals surface area (Å²) in [7, 11) is 0. The molecule has 1 aromatic heterocycles. The van der Waals surface area contributed by atoms with Crippen LogP contribution < -0.4 is 14.8 Å². The molecule has 0 saturated carbocycles. The molecule has 0 bridgehead atoms. The fourth-order valence-corrected chi connectivity index (χ4v) is 2.62.